The molecule has 0 aliphatic heterocycles. The van der Waals surface area contributed by atoms with Crippen LogP contribution in [0.25, 0.3) is 0 Å². The third-order valence-electron chi connectivity index (χ3n) is 3.72. The number of carbonyl (C=O) groups excluding carboxylic acids is 2. The molecule has 1 rings (SSSR count). The lowest BCUT2D eigenvalue weighted by atomic mass is 10.0. The van der Waals surface area contributed by atoms with Crippen LogP contribution in [0.3, 0.4) is 0 Å². The molecule has 0 bridgehead atoms. The Morgan fingerprint density at radius 2 is 1.92 bits per heavy atom. The van der Waals surface area contributed by atoms with Gasteiger partial charge in [-0.15, -0.1) is 0 Å². The molecule has 1 aromatic rings. The number of ether oxygens (including phenoxy) is 3. The molecule has 134 valence electrons. The third-order valence-corrected chi connectivity index (χ3v) is 3.72. The summed E-state index contributed by atoms with van der Waals surface area (Å²) in [6.45, 7) is 8.38. The molecule has 24 heavy (non-hydrogen) atoms. The number of amides is 1. The summed E-state index contributed by atoms with van der Waals surface area (Å²) in [4.78, 5) is 24.4. The monoisotopic (exact) mass is 337 g/mol. The summed E-state index contributed by atoms with van der Waals surface area (Å²) in [5.41, 5.74) is -0.153. The SMILES string of the molecule is CCCOc1ccc(NC(=O)C(C)(CC)OCC)cc1C(=O)OC. The molecule has 0 spiro atoms. The average molecular weight is 337 g/mol. The van der Waals surface area contributed by atoms with Crippen LogP contribution in [0.2, 0.25) is 0 Å². The Morgan fingerprint density at radius 1 is 1.21 bits per heavy atom. The molecule has 0 radical (unpaired) electrons. The van der Waals surface area contributed by atoms with Crippen LogP contribution in [0.5, 0.6) is 5.75 Å². The Balaban J connectivity index is 3.04. The minimum Gasteiger partial charge on any atom is -0.493 e. The Labute approximate surface area is 143 Å². The van der Waals surface area contributed by atoms with E-state index < -0.39 is 11.6 Å². The van der Waals surface area contributed by atoms with Crippen molar-refractivity contribution >= 4 is 17.6 Å². The van der Waals surface area contributed by atoms with Crippen LogP contribution in [0.1, 0.15) is 50.9 Å². The number of nitrogens with one attached hydrogen (secondary N) is 1. The van der Waals surface area contributed by atoms with E-state index in [4.69, 9.17) is 14.2 Å². The number of hydrogen-bond donors (Lipinski definition) is 1. The highest BCUT2D eigenvalue weighted by Gasteiger charge is 2.32. The van der Waals surface area contributed by atoms with Gasteiger partial charge in [0.2, 0.25) is 0 Å². The van der Waals surface area contributed by atoms with Gasteiger partial charge in [-0.2, -0.15) is 0 Å². The Morgan fingerprint density at radius 3 is 2.46 bits per heavy atom. The van der Waals surface area contributed by atoms with Crippen molar-refractivity contribution in [3.63, 3.8) is 0 Å². The Bertz CT molecular complexity index is 573. The van der Waals surface area contributed by atoms with Crippen LogP contribution in [-0.4, -0.2) is 37.8 Å². The van der Waals surface area contributed by atoms with E-state index in [-0.39, 0.29) is 11.5 Å². The predicted molar refractivity (Wildman–Crippen MR) is 92.5 cm³/mol. The molecular formula is C18H27NO5. The minimum absolute atomic E-state index is 0.259. The largest absolute Gasteiger partial charge is 0.493 e. The first-order valence-electron chi connectivity index (χ1n) is 8.22. The first kappa shape index (κ1) is 20.0. The van der Waals surface area contributed by atoms with Gasteiger partial charge in [0.1, 0.15) is 16.9 Å². The van der Waals surface area contributed by atoms with Gasteiger partial charge in [-0.05, 0) is 44.9 Å². The van der Waals surface area contributed by atoms with Gasteiger partial charge in [0.05, 0.1) is 13.7 Å². The zero-order chi connectivity index (χ0) is 18.2. The first-order valence-corrected chi connectivity index (χ1v) is 8.22. The molecule has 0 aromatic heterocycles. The molecule has 0 heterocycles. The van der Waals surface area contributed by atoms with Crippen molar-refractivity contribution in [2.45, 2.75) is 46.1 Å². The van der Waals surface area contributed by atoms with E-state index >= 15 is 0 Å². The number of rotatable bonds is 9. The number of anilines is 1. The highest BCUT2D eigenvalue weighted by Crippen LogP contribution is 2.25. The zero-order valence-corrected chi connectivity index (χ0v) is 15.1. The van der Waals surface area contributed by atoms with Crippen molar-refractivity contribution in [2.24, 2.45) is 0 Å². The van der Waals surface area contributed by atoms with Crippen molar-refractivity contribution in [1.29, 1.82) is 0 Å². The van der Waals surface area contributed by atoms with E-state index in [1.165, 1.54) is 7.11 Å². The summed E-state index contributed by atoms with van der Waals surface area (Å²) >= 11 is 0. The molecule has 1 amide bonds. The zero-order valence-electron chi connectivity index (χ0n) is 15.1. The highest BCUT2D eigenvalue weighted by molar-refractivity contribution is 5.99. The van der Waals surface area contributed by atoms with Gasteiger partial charge in [0, 0.05) is 12.3 Å². The molecule has 0 aliphatic rings. The molecule has 1 unspecified atom stereocenters. The second-order valence-electron chi connectivity index (χ2n) is 5.52. The normalized spacial score (nSPS) is 13.0. The second kappa shape index (κ2) is 9.27. The molecule has 0 fully saturated rings. The Kier molecular flexibility index (Phi) is 7.71. The van der Waals surface area contributed by atoms with Crippen LogP contribution in [0.4, 0.5) is 5.69 Å². The lowest BCUT2D eigenvalue weighted by molar-refractivity contribution is -0.139. The van der Waals surface area contributed by atoms with Crippen LogP contribution >= 0.6 is 0 Å². The van der Waals surface area contributed by atoms with Crippen molar-refractivity contribution in [2.75, 3.05) is 25.6 Å². The summed E-state index contributed by atoms with van der Waals surface area (Å²) in [7, 11) is 1.31. The molecule has 0 aliphatic carbocycles. The molecule has 1 atom stereocenters. The maximum atomic E-state index is 12.5. The molecule has 6 heteroatoms. The smallest absolute Gasteiger partial charge is 0.341 e. The van der Waals surface area contributed by atoms with Crippen molar-refractivity contribution in [1.82, 2.24) is 0 Å². The fourth-order valence-corrected chi connectivity index (χ4v) is 2.13. The fourth-order valence-electron chi connectivity index (χ4n) is 2.13. The van der Waals surface area contributed by atoms with E-state index in [2.05, 4.69) is 5.32 Å². The molecule has 1 aromatic carbocycles. The van der Waals surface area contributed by atoms with Gasteiger partial charge >= 0.3 is 5.97 Å². The highest BCUT2D eigenvalue weighted by atomic mass is 16.5. The van der Waals surface area contributed by atoms with Gasteiger partial charge in [-0.3, -0.25) is 4.79 Å². The average Bonchev–Trinajstić information content (AvgIpc) is 2.59. The fraction of sp³-hybridized carbons (Fsp3) is 0.556. The summed E-state index contributed by atoms with van der Waals surface area (Å²) in [6.07, 6.45) is 1.36. The second-order valence-corrected chi connectivity index (χ2v) is 5.52. The topological polar surface area (TPSA) is 73.9 Å². The van der Waals surface area contributed by atoms with Gasteiger partial charge in [-0.1, -0.05) is 13.8 Å². The minimum atomic E-state index is -0.919. The van der Waals surface area contributed by atoms with E-state index in [0.29, 0.717) is 31.1 Å². The van der Waals surface area contributed by atoms with Crippen molar-refractivity contribution in [3.05, 3.63) is 23.8 Å². The van der Waals surface area contributed by atoms with Gasteiger partial charge < -0.3 is 19.5 Å². The molecule has 6 nitrogen and oxygen atoms in total. The van der Waals surface area contributed by atoms with E-state index in [0.717, 1.165) is 6.42 Å². The number of benzene rings is 1. The number of hydrogen-bond acceptors (Lipinski definition) is 5. The molecule has 0 saturated carbocycles. The third kappa shape index (κ3) is 4.96. The quantitative estimate of drug-likeness (QED) is 0.699. The van der Waals surface area contributed by atoms with Gasteiger partial charge in [0.25, 0.3) is 5.91 Å². The van der Waals surface area contributed by atoms with Crippen LogP contribution in [0.15, 0.2) is 18.2 Å². The predicted octanol–water partition coefficient (Wildman–Crippen LogP) is 3.41. The summed E-state index contributed by atoms with van der Waals surface area (Å²) in [5.74, 6) is -0.338. The maximum absolute atomic E-state index is 12.5. The van der Waals surface area contributed by atoms with Crippen LogP contribution in [0, 0.1) is 0 Å². The number of methoxy groups -OCH3 is 1. The van der Waals surface area contributed by atoms with E-state index in [1.54, 1.807) is 25.1 Å². The van der Waals surface area contributed by atoms with E-state index in [1.807, 2.05) is 20.8 Å². The Hall–Kier alpha value is -2.08. The summed E-state index contributed by atoms with van der Waals surface area (Å²) in [6, 6.07) is 4.90. The maximum Gasteiger partial charge on any atom is 0.341 e. The van der Waals surface area contributed by atoms with Crippen molar-refractivity contribution < 1.29 is 23.8 Å². The van der Waals surface area contributed by atoms with Gasteiger partial charge in [-0.25, -0.2) is 4.79 Å². The summed E-state index contributed by atoms with van der Waals surface area (Å²) < 4.78 is 15.9. The first-order chi connectivity index (χ1) is 11.4. The standard InChI is InChI=1S/C18H27NO5/c1-6-11-23-15-10-9-13(12-14(15)16(20)22-5)19-17(21)18(4,7-2)24-8-3/h9-10,12H,6-8,11H2,1-5H3,(H,19,21). The number of esters is 1. The molecule has 0 saturated heterocycles. The van der Waals surface area contributed by atoms with Gasteiger partial charge in [0.15, 0.2) is 0 Å². The van der Waals surface area contributed by atoms with Crippen molar-refractivity contribution in [3.8, 4) is 5.75 Å². The summed E-state index contributed by atoms with van der Waals surface area (Å²) in [5, 5.41) is 2.79. The molecule has 1 N–H and O–H groups in total. The van der Waals surface area contributed by atoms with Crippen LogP contribution < -0.4 is 10.1 Å². The lowest BCUT2D eigenvalue weighted by Crippen LogP contribution is -2.42. The van der Waals surface area contributed by atoms with E-state index in [9.17, 15) is 9.59 Å². The molecular weight excluding hydrogens is 310 g/mol. The van der Waals surface area contributed by atoms with Crippen LogP contribution in [-0.2, 0) is 14.3 Å². The number of carbonyl (C=O) groups is 2. The lowest BCUT2D eigenvalue weighted by Gasteiger charge is -2.26.